The largest absolute Gasteiger partial charge is 0.344 e. The first-order chi connectivity index (χ1) is 8.91. The first kappa shape index (κ1) is 14.0. The zero-order valence-corrected chi connectivity index (χ0v) is 12.3. The summed E-state index contributed by atoms with van der Waals surface area (Å²) in [4.78, 5) is 27.2. The summed E-state index contributed by atoms with van der Waals surface area (Å²) >= 11 is 3.23. The summed E-state index contributed by atoms with van der Waals surface area (Å²) in [7, 11) is 3.28. The monoisotopic (exact) mass is 328 g/mol. The van der Waals surface area contributed by atoms with Crippen molar-refractivity contribution in [2.24, 2.45) is 0 Å². The Hall–Kier alpha value is -1.43. The van der Waals surface area contributed by atoms with Crippen LogP contribution in [-0.4, -0.2) is 48.3 Å². The minimum Gasteiger partial charge on any atom is -0.344 e. The number of carbonyl (C=O) groups excluding carboxylic acids is 2. The summed E-state index contributed by atoms with van der Waals surface area (Å²) in [6.07, 6.45) is 0.602. The number of nitrogens with zero attached hydrogens (tertiary/aromatic N) is 2. The number of carbonyl (C=O) groups is 2. The van der Waals surface area contributed by atoms with Gasteiger partial charge in [0.25, 0.3) is 5.91 Å². The van der Waals surface area contributed by atoms with Crippen molar-refractivity contribution in [3.63, 3.8) is 0 Å². The maximum absolute atomic E-state index is 13.2. The quantitative estimate of drug-likeness (QED) is 0.831. The van der Waals surface area contributed by atoms with Crippen molar-refractivity contribution in [2.45, 2.75) is 12.5 Å². The van der Waals surface area contributed by atoms with E-state index in [-0.39, 0.29) is 17.4 Å². The molecule has 1 aromatic rings. The minimum atomic E-state index is -0.477. The molecule has 0 N–H and O–H groups in total. The highest BCUT2D eigenvalue weighted by atomic mass is 79.9. The Morgan fingerprint density at radius 3 is 2.79 bits per heavy atom. The number of likely N-dealkylation sites (N-methyl/N-ethyl adjacent to an activating group) is 2. The number of likely N-dealkylation sites (tertiary alicyclic amines) is 1. The van der Waals surface area contributed by atoms with E-state index in [4.69, 9.17) is 0 Å². The summed E-state index contributed by atoms with van der Waals surface area (Å²) in [6, 6.07) is 3.47. The van der Waals surface area contributed by atoms with Gasteiger partial charge < -0.3 is 9.80 Å². The van der Waals surface area contributed by atoms with Gasteiger partial charge in [0.1, 0.15) is 11.9 Å². The molecule has 0 aliphatic carbocycles. The maximum atomic E-state index is 13.2. The fraction of sp³-hybridized carbons (Fsp3) is 0.385. The van der Waals surface area contributed by atoms with Crippen molar-refractivity contribution in [2.75, 3.05) is 20.6 Å². The lowest BCUT2D eigenvalue weighted by Crippen LogP contribution is -2.42. The molecule has 1 fully saturated rings. The number of halogens is 2. The zero-order valence-electron chi connectivity index (χ0n) is 10.7. The van der Waals surface area contributed by atoms with E-state index in [0.717, 1.165) is 0 Å². The molecule has 102 valence electrons. The molecule has 1 saturated heterocycles. The van der Waals surface area contributed by atoms with Crippen LogP contribution in [0.15, 0.2) is 22.7 Å². The Morgan fingerprint density at radius 2 is 2.21 bits per heavy atom. The molecule has 0 saturated carbocycles. The van der Waals surface area contributed by atoms with Crippen LogP contribution in [0.2, 0.25) is 0 Å². The second kappa shape index (κ2) is 5.28. The average molecular weight is 329 g/mol. The number of hydrogen-bond donors (Lipinski definition) is 0. The van der Waals surface area contributed by atoms with E-state index in [1.807, 2.05) is 0 Å². The molecule has 19 heavy (non-hydrogen) atoms. The molecule has 6 heteroatoms. The molecule has 0 radical (unpaired) electrons. The molecule has 1 aliphatic heterocycles. The molecule has 0 bridgehead atoms. The number of rotatable bonds is 2. The van der Waals surface area contributed by atoms with Crippen LogP contribution in [0.3, 0.4) is 0 Å². The molecule has 4 nitrogen and oxygen atoms in total. The third-order valence-corrected chi connectivity index (χ3v) is 4.04. The Kier molecular flexibility index (Phi) is 3.89. The van der Waals surface area contributed by atoms with Crippen LogP contribution in [0, 0.1) is 5.82 Å². The van der Waals surface area contributed by atoms with Crippen molar-refractivity contribution >= 4 is 27.7 Å². The topological polar surface area (TPSA) is 40.6 Å². The standard InChI is InChI=1S/C13H14BrFN2O2/c1-16-6-5-11(13(16)19)17(2)12(18)9-7-8(15)3-4-10(9)14/h3-4,7,11H,5-6H2,1-2H3. The molecule has 1 aromatic carbocycles. The smallest absolute Gasteiger partial charge is 0.255 e. The summed E-state index contributed by atoms with van der Waals surface area (Å²) in [6.45, 7) is 0.630. The van der Waals surface area contributed by atoms with Crippen molar-refractivity contribution in [3.8, 4) is 0 Å². The van der Waals surface area contributed by atoms with Crippen LogP contribution >= 0.6 is 15.9 Å². The van der Waals surface area contributed by atoms with E-state index in [2.05, 4.69) is 15.9 Å². The van der Waals surface area contributed by atoms with Gasteiger partial charge >= 0.3 is 0 Å². The SMILES string of the molecule is CN1CCC(N(C)C(=O)c2cc(F)ccc2Br)C1=O. The van der Waals surface area contributed by atoms with E-state index in [1.165, 1.54) is 23.1 Å². The fourth-order valence-electron chi connectivity index (χ4n) is 2.16. The van der Waals surface area contributed by atoms with Gasteiger partial charge in [-0.25, -0.2) is 4.39 Å². The zero-order chi connectivity index (χ0) is 14.2. The van der Waals surface area contributed by atoms with Gasteiger partial charge in [0.2, 0.25) is 5.91 Å². The second-order valence-electron chi connectivity index (χ2n) is 4.60. The maximum Gasteiger partial charge on any atom is 0.255 e. The average Bonchev–Trinajstić information content (AvgIpc) is 2.71. The number of hydrogen-bond acceptors (Lipinski definition) is 2. The second-order valence-corrected chi connectivity index (χ2v) is 5.46. The van der Waals surface area contributed by atoms with Gasteiger partial charge in [-0.2, -0.15) is 0 Å². The predicted octanol–water partition coefficient (Wildman–Crippen LogP) is 1.89. The number of amides is 2. The minimum absolute atomic E-state index is 0.0802. The molecule has 1 heterocycles. The van der Waals surface area contributed by atoms with E-state index >= 15 is 0 Å². The van der Waals surface area contributed by atoms with Crippen molar-refractivity contribution in [3.05, 3.63) is 34.1 Å². The van der Waals surface area contributed by atoms with Crippen molar-refractivity contribution in [1.82, 2.24) is 9.80 Å². The van der Waals surface area contributed by atoms with E-state index < -0.39 is 11.9 Å². The summed E-state index contributed by atoms with van der Waals surface area (Å²) in [5, 5.41) is 0. The molecule has 1 atom stereocenters. The predicted molar refractivity (Wildman–Crippen MR) is 72.2 cm³/mol. The highest BCUT2D eigenvalue weighted by Crippen LogP contribution is 2.22. The first-order valence-corrected chi connectivity index (χ1v) is 6.68. The Bertz CT molecular complexity index is 535. The summed E-state index contributed by atoms with van der Waals surface area (Å²) in [5.74, 6) is -0.918. The lowest BCUT2D eigenvalue weighted by molar-refractivity contribution is -0.130. The van der Waals surface area contributed by atoms with Gasteiger partial charge in [-0.05, 0) is 40.5 Å². The molecule has 0 spiro atoms. The molecular formula is C13H14BrFN2O2. The van der Waals surface area contributed by atoms with Crippen LogP contribution in [0.25, 0.3) is 0 Å². The summed E-state index contributed by atoms with van der Waals surface area (Å²) in [5.41, 5.74) is 0.227. The van der Waals surface area contributed by atoms with Crippen LogP contribution in [0.1, 0.15) is 16.8 Å². The fourth-order valence-corrected chi connectivity index (χ4v) is 2.57. The normalized spacial score (nSPS) is 18.8. The summed E-state index contributed by atoms with van der Waals surface area (Å²) < 4.78 is 13.7. The molecular weight excluding hydrogens is 315 g/mol. The van der Waals surface area contributed by atoms with Crippen LogP contribution in [-0.2, 0) is 4.79 Å². The third kappa shape index (κ3) is 2.63. The number of benzene rings is 1. The first-order valence-electron chi connectivity index (χ1n) is 5.89. The van der Waals surface area contributed by atoms with Gasteiger partial charge in [0.05, 0.1) is 5.56 Å². The van der Waals surface area contributed by atoms with Crippen molar-refractivity contribution < 1.29 is 14.0 Å². The lowest BCUT2D eigenvalue weighted by Gasteiger charge is -2.23. The molecule has 0 aromatic heterocycles. The highest BCUT2D eigenvalue weighted by molar-refractivity contribution is 9.10. The van der Waals surface area contributed by atoms with E-state index in [0.29, 0.717) is 17.4 Å². The van der Waals surface area contributed by atoms with Crippen LogP contribution in [0.5, 0.6) is 0 Å². The lowest BCUT2D eigenvalue weighted by atomic mass is 10.1. The van der Waals surface area contributed by atoms with Gasteiger partial charge in [-0.1, -0.05) is 0 Å². The Labute approximate surface area is 119 Å². The van der Waals surface area contributed by atoms with Gasteiger partial charge in [0.15, 0.2) is 0 Å². The molecule has 2 rings (SSSR count). The van der Waals surface area contributed by atoms with Gasteiger partial charge in [0, 0.05) is 25.1 Å². The Balaban J connectivity index is 2.24. The van der Waals surface area contributed by atoms with E-state index in [1.54, 1.807) is 19.0 Å². The van der Waals surface area contributed by atoms with Crippen LogP contribution in [0.4, 0.5) is 4.39 Å². The van der Waals surface area contributed by atoms with Crippen LogP contribution < -0.4 is 0 Å². The molecule has 2 amide bonds. The van der Waals surface area contributed by atoms with Gasteiger partial charge in [-0.3, -0.25) is 9.59 Å². The van der Waals surface area contributed by atoms with Crippen molar-refractivity contribution in [1.29, 1.82) is 0 Å². The molecule has 1 unspecified atom stereocenters. The van der Waals surface area contributed by atoms with E-state index in [9.17, 15) is 14.0 Å². The Morgan fingerprint density at radius 1 is 1.53 bits per heavy atom. The third-order valence-electron chi connectivity index (χ3n) is 3.35. The molecule has 1 aliphatic rings. The highest BCUT2D eigenvalue weighted by Gasteiger charge is 2.35. The van der Waals surface area contributed by atoms with Gasteiger partial charge in [-0.15, -0.1) is 0 Å².